The molecule has 1 aliphatic carbocycles. The van der Waals surface area contributed by atoms with Crippen LogP contribution in [0.1, 0.15) is 25.7 Å². The third kappa shape index (κ3) is 4.68. The van der Waals surface area contributed by atoms with Crippen LogP contribution >= 0.6 is 0 Å². The van der Waals surface area contributed by atoms with Gasteiger partial charge in [-0.2, -0.15) is 0 Å². The number of nitrogen functional groups attached to an aromatic ring is 1. The Morgan fingerprint density at radius 3 is 2.95 bits per heavy atom. The maximum absolute atomic E-state index is 13.5. The summed E-state index contributed by atoms with van der Waals surface area (Å²) < 4.78 is 13.5. The minimum atomic E-state index is -0.495. The number of aliphatic hydroxyl groups excluding tert-OH is 1. The Morgan fingerprint density at radius 2 is 2.27 bits per heavy atom. The first-order valence-electron chi connectivity index (χ1n) is 7.67. The Labute approximate surface area is 130 Å². The molecule has 1 aliphatic rings. The molecule has 4 N–H and O–H groups in total. The van der Waals surface area contributed by atoms with Gasteiger partial charge in [0.05, 0.1) is 11.8 Å². The fraction of sp³-hybridized carbons (Fsp3) is 0.562. The highest BCUT2D eigenvalue weighted by molar-refractivity contribution is 5.91. The Kier molecular flexibility index (Phi) is 5.74. The molecule has 122 valence electrons. The molecule has 0 saturated heterocycles. The van der Waals surface area contributed by atoms with E-state index in [1.54, 1.807) is 0 Å². The molecule has 1 fully saturated rings. The van der Waals surface area contributed by atoms with Gasteiger partial charge in [-0.25, -0.2) is 4.39 Å². The zero-order chi connectivity index (χ0) is 16.1. The Bertz CT molecular complexity index is 524. The van der Waals surface area contributed by atoms with E-state index in [0.29, 0.717) is 18.2 Å². The van der Waals surface area contributed by atoms with Gasteiger partial charge in [-0.15, -0.1) is 0 Å². The first-order valence-corrected chi connectivity index (χ1v) is 7.67. The first kappa shape index (κ1) is 16.7. The lowest BCUT2D eigenvalue weighted by Crippen LogP contribution is -2.32. The molecule has 0 heterocycles. The molecule has 0 aliphatic heterocycles. The van der Waals surface area contributed by atoms with E-state index in [2.05, 4.69) is 5.32 Å². The normalized spacial score (nSPS) is 21.3. The first-order chi connectivity index (χ1) is 10.5. The molecule has 6 heteroatoms. The van der Waals surface area contributed by atoms with Crippen molar-refractivity contribution in [3.8, 4) is 0 Å². The molecule has 0 spiro atoms. The second-order valence-corrected chi connectivity index (χ2v) is 6.06. The van der Waals surface area contributed by atoms with Gasteiger partial charge in [0, 0.05) is 25.2 Å². The average Bonchev–Trinajstić information content (AvgIpc) is 2.86. The number of rotatable bonds is 6. The van der Waals surface area contributed by atoms with E-state index in [-0.39, 0.29) is 24.1 Å². The second-order valence-electron chi connectivity index (χ2n) is 6.06. The van der Waals surface area contributed by atoms with Gasteiger partial charge in [-0.3, -0.25) is 4.79 Å². The van der Waals surface area contributed by atoms with Crippen LogP contribution in [0.2, 0.25) is 0 Å². The molecule has 1 aromatic rings. The number of aliphatic hydroxyl groups is 1. The predicted molar refractivity (Wildman–Crippen MR) is 84.9 cm³/mol. The number of nitrogens with zero attached hydrogens (tertiary/aromatic N) is 1. The second kappa shape index (κ2) is 7.56. The predicted octanol–water partition coefficient (Wildman–Crippen LogP) is 1.83. The van der Waals surface area contributed by atoms with Crippen LogP contribution in [0.25, 0.3) is 0 Å². The quantitative estimate of drug-likeness (QED) is 0.701. The number of carbonyl (C=O) groups excluding carboxylic acids is 1. The maximum atomic E-state index is 13.5. The van der Waals surface area contributed by atoms with E-state index >= 15 is 0 Å². The Hall–Kier alpha value is -1.66. The van der Waals surface area contributed by atoms with Gasteiger partial charge >= 0.3 is 0 Å². The summed E-state index contributed by atoms with van der Waals surface area (Å²) in [4.78, 5) is 13.9. The van der Waals surface area contributed by atoms with Crippen molar-refractivity contribution in [3.63, 3.8) is 0 Å². The van der Waals surface area contributed by atoms with Gasteiger partial charge < -0.3 is 21.1 Å². The minimum Gasteiger partial charge on any atom is -0.399 e. The van der Waals surface area contributed by atoms with Gasteiger partial charge in [-0.1, -0.05) is 6.42 Å². The van der Waals surface area contributed by atoms with Crippen LogP contribution in [0.4, 0.5) is 15.8 Å². The van der Waals surface area contributed by atoms with Crippen molar-refractivity contribution < 1.29 is 14.3 Å². The molecule has 1 amide bonds. The van der Waals surface area contributed by atoms with Gasteiger partial charge in [0.15, 0.2) is 0 Å². The van der Waals surface area contributed by atoms with Crippen molar-refractivity contribution in [2.45, 2.75) is 31.8 Å². The molecular formula is C16H24FN3O2. The smallest absolute Gasteiger partial charge is 0.225 e. The number of nitrogens with two attached hydrogens (primary N) is 1. The number of amides is 1. The van der Waals surface area contributed by atoms with Crippen molar-refractivity contribution in [2.24, 2.45) is 5.92 Å². The van der Waals surface area contributed by atoms with Crippen LogP contribution in [-0.4, -0.2) is 42.2 Å². The number of anilines is 2. The fourth-order valence-electron chi connectivity index (χ4n) is 2.87. The molecule has 5 nitrogen and oxygen atoms in total. The largest absolute Gasteiger partial charge is 0.399 e. The number of hydrogen-bond donors (Lipinski definition) is 3. The summed E-state index contributed by atoms with van der Waals surface area (Å²) in [6.07, 6.45) is 3.01. The van der Waals surface area contributed by atoms with Gasteiger partial charge in [-0.05, 0) is 44.0 Å². The summed E-state index contributed by atoms with van der Waals surface area (Å²) >= 11 is 0. The monoisotopic (exact) mass is 309 g/mol. The maximum Gasteiger partial charge on any atom is 0.225 e. The van der Waals surface area contributed by atoms with Gasteiger partial charge in [0.25, 0.3) is 0 Å². The Balaban J connectivity index is 1.76. The summed E-state index contributed by atoms with van der Waals surface area (Å²) in [5.41, 5.74) is 6.10. The molecule has 0 bridgehead atoms. The molecule has 1 aromatic carbocycles. The molecule has 22 heavy (non-hydrogen) atoms. The van der Waals surface area contributed by atoms with E-state index < -0.39 is 5.82 Å². The number of benzene rings is 1. The molecule has 2 rings (SSSR count). The molecular weight excluding hydrogens is 285 g/mol. The topological polar surface area (TPSA) is 78.6 Å². The van der Waals surface area contributed by atoms with Crippen molar-refractivity contribution in [1.29, 1.82) is 0 Å². The lowest BCUT2D eigenvalue weighted by Gasteiger charge is -2.22. The number of carbonyl (C=O) groups is 1. The summed E-state index contributed by atoms with van der Waals surface area (Å²) in [5.74, 6) is -0.451. The molecule has 2 atom stereocenters. The zero-order valence-electron chi connectivity index (χ0n) is 12.9. The number of hydrogen-bond acceptors (Lipinski definition) is 4. The summed E-state index contributed by atoms with van der Waals surface area (Å²) in [6.45, 7) is 1.35. The van der Waals surface area contributed by atoms with E-state index in [1.165, 1.54) is 18.2 Å². The Morgan fingerprint density at radius 1 is 1.50 bits per heavy atom. The van der Waals surface area contributed by atoms with Crippen LogP contribution in [0.15, 0.2) is 18.2 Å². The van der Waals surface area contributed by atoms with Gasteiger partial charge in [0.1, 0.15) is 5.82 Å². The number of halogens is 1. The zero-order valence-corrected chi connectivity index (χ0v) is 12.9. The average molecular weight is 309 g/mol. The minimum absolute atomic E-state index is 0.110. The third-order valence-corrected chi connectivity index (χ3v) is 4.15. The lowest BCUT2D eigenvalue weighted by molar-refractivity contribution is -0.116. The summed E-state index contributed by atoms with van der Waals surface area (Å²) in [7, 11) is 1.93. The highest BCUT2D eigenvalue weighted by Crippen LogP contribution is 2.26. The van der Waals surface area contributed by atoms with Crippen molar-refractivity contribution in [2.75, 3.05) is 31.2 Å². The molecule has 1 saturated carbocycles. The highest BCUT2D eigenvalue weighted by atomic mass is 19.1. The van der Waals surface area contributed by atoms with Crippen LogP contribution in [0, 0.1) is 11.7 Å². The lowest BCUT2D eigenvalue weighted by atomic mass is 10.1. The van der Waals surface area contributed by atoms with Crippen molar-refractivity contribution in [1.82, 2.24) is 4.90 Å². The van der Waals surface area contributed by atoms with E-state index in [0.717, 1.165) is 25.8 Å². The van der Waals surface area contributed by atoms with Crippen LogP contribution < -0.4 is 11.1 Å². The van der Waals surface area contributed by atoms with E-state index in [9.17, 15) is 14.3 Å². The molecule has 0 aromatic heterocycles. The third-order valence-electron chi connectivity index (χ3n) is 4.15. The summed E-state index contributed by atoms with van der Waals surface area (Å²) in [6, 6.07) is 4.09. The molecule has 0 radical (unpaired) electrons. The van der Waals surface area contributed by atoms with Crippen LogP contribution in [0.5, 0.6) is 0 Å². The van der Waals surface area contributed by atoms with E-state index in [1.807, 2.05) is 11.9 Å². The fourth-order valence-corrected chi connectivity index (χ4v) is 2.87. The molecule has 2 unspecified atom stereocenters. The van der Waals surface area contributed by atoms with E-state index in [4.69, 9.17) is 5.73 Å². The van der Waals surface area contributed by atoms with Crippen LogP contribution in [0.3, 0.4) is 0 Å². The number of nitrogens with one attached hydrogen (secondary N) is 1. The summed E-state index contributed by atoms with van der Waals surface area (Å²) in [5, 5.41) is 12.3. The highest BCUT2D eigenvalue weighted by Gasteiger charge is 2.26. The van der Waals surface area contributed by atoms with Crippen molar-refractivity contribution in [3.05, 3.63) is 24.0 Å². The standard InChI is InChI=1S/C16H24FN3O2/c1-20(10-11-3-2-4-15(11)21)8-7-16(22)19-14-9-12(18)5-6-13(14)17/h5-6,9,11,15,21H,2-4,7-8,10,18H2,1H3,(H,19,22). The van der Waals surface area contributed by atoms with Crippen molar-refractivity contribution >= 4 is 17.3 Å². The van der Waals surface area contributed by atoms with Crippen LogP contribution in [-0.2, 0) is 4.79 Å². The SMILES string of the molecule is CN(CCC(=O)Nc1cc(N)ccc1F)CC1CCCC1O. The van der Waals surface area contributed by atoms with Gasteiger partial charge in [0.2, 0.25) is 5.91 Å².